The summed E-state index contributed by atoms with van der Waals surface area (Å²) in [5.74, 6) is 0.763. The Morgan fingerprint density at radius 2 is 1.85 bits per heavy atom. The fourth-order valence-electron chi connectivity index (χ4n) is 2.98. The first-order chi connectivity index (χ1) is 13.0. The van der Waals surface area contributed by atoms with Gasteiger partial charge in [0.1, 0.15) is 6.10 Å². The second-order valence-corrected chi connectivity index (χ2v) is 6.69. The maximum absolute atomic E-state index is 12.5. The van der Waals surface area contributed by atoms with Crippen LogP contribution in [0.25, 0.3) is 0 Å². The Morgan fingerprint density at radius 3 is 2.37 bits per heavy atom. The highest BCUT2D eigenvalue weighted by Gasteiger charge is 2.25. The van der Waals surface area contributed by atoms with Crippen molar-refractivity contribution in [2.24, 2.45) is 10.7 Å². The van der Waals surface area contributed by atoms with Crippen LogP contribution in [-0.2, 0) is 4.74 Å². The second-order valence-electron chi connectivity index (χ2n) is 6.24. The van der Waals surface area contributed by atoms with Crippen LogP contribution in [0, 0.1) is 0 Å². The summed E-state index contributed by atoms with van der Waals surface area (Å²) in [5, 5.41) is 13.1. The smallest absolute Gasteiger partial charge is 0.338 e. The van der Waals surface area contributed by atoms with E-state index in [4.69, 9.17) is 19.9 Å². The number of methoxy groups -OCH3 is 2. The zero-order valence-corrected chi connectivity index (χ0v) is 16.5. The van der Waals surface area contributed by atoms with Crippen LogP contribution in [0.1, 0.15) is 36.0 Å². The van der Waals surface area contributed by atoms with Gasteiger partial charge in [0.05, 0.1) is 26.3 Å². The van der Waals surface area contributed by atoms with Gasteiger partial charge in [-0.1, -0.05) is 0 Å². The number of hydrogen-bond acceptors (Lipinski definition) is 7. The summed E-state index contributed by atoms with van der Waals surface area (Å²) in [6.07, 6.45) is 2.96. The molecule has 0 radical (unpaired) electrons. The Balaban J connectivity index is 1.91. The highest BCUT2D eigenvalue weighted by atomic mass is 32.1. The van der Waals surface area contributed by atoms with Crippen LogP contribution < -0.4 is 20.5 Å². The molecule has 27 heavy (non-hydrogen) atoms. The average Bonchev–Trinajstić information content (AvgIpc) is 2.68. The molecule has 0 saturated heterocycles. The molecule has 0 aliphatic heterocycles. The van der Waals surface area contributed by atoms with Gasteiger partial charge in [-0.3, -0.25) is 4.99 Å². The van der Waals surface area contributed by atoms with Gasteiger partial charge in [-0.25, -0.2) is 4.79 Å². The molecule has 0 atom stereocenters. The topological polar surface area (TPSA) is 115 Å². The van der Waals surface area contributed by atoms with Crippen molar-refractivity contribution in [3.8, 4) is 17.2 Å². The van der Waals surface area contributed by atoms with E-state index in [9.17, 15) is 9.90 Å². The third-order valence-corrected chi connectivity index (χ3v) is 4.60. The van der Waals surface area contributed by atoms with E-state index >= 15 is 0 Å². The monoisotopic (exact) mass is 397 g/mol. The highest BCUT2D eigenvalue weighted by molar-refractivity contribution is 7.80. The van der Waals surface area contributed by atoms with E-state index in [1.54, 1.807) is 0 Å². The molecule has 0 amide bonds. The number of guanidine groups is 1. The Bertz CT molecular complexity index is 650. The van der Waals surface area contributed by atoms with E-state index in [1.807, 2.05) is 0 Å². The molecule has 1 aliphatic carbocycles. The van der Waals surface area contributed by atoms with Crippen LogP contribution in [0.2, 0.25) is 0 Å². The number of carbonyl (C=O) groups excluding carboxylic acids is 1. The van der Waals surface area contributed by atoms with Crippen molar-refractivity contribution in [3.63, 3.8) is 0 Å². The summed E-state index contributed by atoms with van der Waals surface area (Å²) in [4.78, 5) is 16.6. The van der Waals surface area contributed by atoms with Gasteiger partial charge >= 0.3 is 5.97 Å². The number of thiol groups is 1. The van der Waals surface area contributed by atoms with Crippen LogP contribution in [-0.4, -0.2) is 55.7 Å². The lowest BCUT2D eigenvalue weighted by Gasteiger charge is -2.29. The molecule has 2 rings (SSSR count). The van der Waals surface area contributed by atoms with Gasteiger partial charge in [-0.05, 0) is 37.8 Å². The van der Waals surface area contributed by atoms with E-state index in [2.05, 4.69) is 22.9 Å². The Labute approximate surface area is 164 Å². The summed E-state index contributed by atoms with van der Waals surface area (Å²) >= 11 is 4.10. The largest absolute Gasteiger partial charge is 0.502 e. The standard InChI is InChI=1S/C18H27N3O5S/c1-24-14-9-11(10-15(25-2)16(14)22)17(23)26-13-5-3-12(4-6-13)21-18(19)20-7-8-27/h9-10,12-13,22,27H,3-8H2,1-2H3,(H3,19,20,21). The molecule has 150 valence electrons. The SMILES string of the molecule is COc1cc(C(=O)OC2CCC(NC(N)=NCCS)CC2)cc(OC)c1O. The normalized spacial score (nSPS) is 20.0. The minimum absolute atomic E-state index is 0.152. The van der Waals surface area contributed by atoms with E-state index in [1.165, 1.54) is 26.4 Å². The number of phenols is 1. The average molecular weight is 397 g/mol. The van der Waals surface area contributed by atoms with E-state index in [0.717, 1.165) is 25.7 Å². The number of nitrogens with one attached hydrogen (secondary N) is 1. The summed E-state index contributed by atoms with van der Waals surface area (Å²) in [5.41, 5.74) is 6.09. The predicted molar refractivity (Wildman–Crippen MR) is 106 cm³/mol. The van der Waals surface area contributed by atoms with Crippen molar-refractivity contribution in [1.29, 1.82) is 0 Å². The number of esters is 1. The molecule has 9 heteroatoms. The number of benzene rings is 1. The molecule has 0 spiro atoms. The van der Waals surface area contributed by atoms with Crippen molar-refractivity contribution >= 4 is 24.6 Å². The zero-order valence-electron chi connectivity index (χ0n) is 15.6. The Hall–Kier alpha value is -2.29. The first kappa shape index (κ1) is 21.0. The number of ether oxygens (including phenoxy) is 3. The fourth-order valence-corrected chi connectivity index (χ4v) is 3.08. The summed E-state index contributed by atoms with van der Waals surface area (Å²) in [6, 6.07) is 3.09. The summed E-state index contributed by atoms with van der Waals surface area (Å²) in [7, 11) is 2.81. The minimum atomic E-state index is -0.474. The minimum Gasteiger partial charge on any atom is -0.502 e. The summed E-state index contributed by atoms with van der Waals surface area (Å²) in [6.45, 7) is 0.578. The molecule has 1 fully saturated rings. The lowest BCUT2D eigenvalue weighted by molar-refractivity contribution is 0.0190. The van der Waals surface area contributed by atoms with Crippen molar-refractivity contribution in [1.82, 2.24) is 5.32 Å². The number of nitrogens with two attached hydrogens (primary N) is 1. The molecule has 0 bridgehead atoms. The van der Waals surface area contributed by atoms with Crippen molar-refractivity contribution in [2.45, 2.75) is 37.8 Å². The third kappa shape index (κ3) is 5.85. The van der Waals surface area contributed by atoms with Gasteiger partial charge in [-0.15, -0.1) is 0 Å². The van der Waals surface area contributed by atoms with Gasteiger partial charge < -0.3 is 30.4 Å². The fraction of sp³-hybridized carbons (Fsp3) is 0.556. The predicted octanol–water partition coefficient (Wildman–Crippen LogP) is 1.71. The first-order valence-corrected chi connectivity index (χ1v) is 9.45. The highest BCUT2D eigenvalue weighted by Crippen LogP contribution is 2.37. The third-order valence-electron chi connectivity index (χ3n) is 4.40. The van der Waals surface area contributed by atoms with Gasteiger partial charge in [0.2, 0.25) is 5.75 Å². The van der Waals surface area contributed by atoms with Crippen molar-refractivity contribution < 1.29 is 24.1 Å². The molecular weight excluding hydrogens is 370 g/mol. The van der Waals surface area contributed by atoms with Gasteiger partial charge in [0.15, 0.2) is 17.5 Å². The maximum Gasteiger partial charge on any atom is 0.338 e. The summed E-state index contributed by atoms with van der Waals surface area (Å²) < 4.78 is 15.8. The van der Waals surface area contributed by atoms with Gasteiger partial charge in [0.25, 0.3) is 0 Å². The number of hydrogen-bond donors (Lipinski definition) is 4. The number of carbonyl (C=O) groups is 1. The number of aliphatic imine (C=N–C) groups is 1. The van der Waals surface area contributed by atoms with Gasteiger partial charge in [0, 0.05) is 11.8 Å². The number of rotatable bonds is 7. The first-order valence-electron chi connectivity index (χ1n) is 8.81. The Kier molecular flexibility index (Phi) is 7.90. The van der Waals surface area contributed by atoms with Crippen LogP contribution in [0.3, 0.4) is 0 Å². The van der Waals surface area contributed by atoms with Crippen LogP contribution in [0.5, 0.6) is 17.2 Å². The number of nitrogens with zero attached hydrogens (tertiary/aromatic N) is 1. The maximum atomic E-state index is 12.5. The van der Waals surface area contributed by atoms with E-state index < -0.39 is 5.97 Å². The van der Waals surface area contributed by atoms with Crippen LogP contribution in [0.4, 0.5) is 0 Å². The van der Waals surface area contributed by atoms with Gasteiger partial charge in [-0.2, -0.15) is 12.6 Å². The van der Waals surface area contributed by atoms with E-state index in [0.29, 0.717) is 18.3 Å². The van der Waals surface area contributed by atoms with Crippen molar-refractivity contribution in [3.05, 3.63) is 17.7 Å². The molecule has 1 aromatic rings. The van der Waals surface area contributed by atoms with Crippen molar-refractivity contribution in [2.75, 3.05) is 26.5 Å². The molecule has 4 N–H and O–H groups in total. The lowest BCUT2D eigenvalue weighted by Crippen LogP contribution is -2.43. The molecule has 0 unspecified atom stereocenters. The van der Waals surface area contributed by atoms with Crippen LogP contribution in [0.15, 0.2) is 17.1 Å². The Morgan fingerprint density at radius 1 is 1.26 bits per heavy atom. The van der Waals surface area contributed by atoms with Crippen LogP contribution >= 0.6 is 12.6 Å². The second kappa shape index (κ2) is 10.1. The van der Waals surface area contributed by atoms with E-state index in [-0.39, 0.29) is 35.0 Å². The zero-order chi connectivity index (χ0) is 19.8. The molecule has 1 saturated carbocycles. The lowest BCUT2D eigenvalue weighted by atomic mass is 9.93. The number of phenolic OH excluding ortho intramolecular Hbond substituents is 1. The number of aromatic hydroxyl groups is 1. The molecule has 0 heterocycles. The molecule has 1 aromatic carbocycles. The molecule has 0 aromatic heterocycles. The molecule has 1 aliphatic rings. The quantitative estimate of drug-likeness (QED) is 0.240. The molecular formula is C18H27N3O5S. The molecule has 8 nitrogen and oxygen atoms in total.